The molecule has 6 nitrogen and oxygen atoms in total. The molecule has 0 atom stereocenters. The van der Waals surface area contributed by atoms with E-state index in [1.54, 1.807) is 41.7 Å². The SMILES string of the molecule is Cn1c(=O)n(C)c2cc(Nc3cnccc3N)ccc21. The summed E-state index contributed by atoms with van der Waals surface area (Å²) in [7, 11) is 3.52. The van der Waals surface area contributed by atoms with Crippen LogP contribution in [0.15, 0.2) is 41.5 Å². The first-order chi connectivity index (χ1) is 9.58. The van der Waals surface area contributed by atoms with Crippen LogP contribution in [0.3, 0.4) is 0 Å². The van der Waals surface area contributed by atoms with E-state index in [-0.39, 0.29) is 5.69 Å². The average molecular weight is 269 g/mol. The molecule has 0 aliphatic heterocycles. The summed E-state index contributed by atoms with van der Waals surface area (Å²) in [6.45, 7) is 0. The summed E-state index contributed by atoms with van der Waals surface area (Å²) in [4.78, 5) is 15.9. The van der Waals surface area contributed by atoms with E-state index in [0.717, 1.165) is 22.4 Å². The maximum atomic E-state index is 11.9. The molecular formula is C14H15N5O. The Labute approximate surface area is 115 Å². The Morgan fingerprint density at radius 2 is 1.90 bits per heavy atom. The van der Waals surface area contributed by atoms with Crippen LogP contribution < -0.4 is 16.7 Å². The Bertz CT molecular complexity index is 846. The third-order valence-electron chi connectivity index (χ3n) is 3.41. The smallest absolute Gasteiger partial charge is 0.328 e. The summed E-state index contributed by atoms with van der Waals surface area (Å²) < 4.78 is 3.24. The van der Waals surface area contributed by atoms with E-state index in [1.807, 2.05) is 18.2 Å². The molecule has 0 aliphatic rings. The van der Waals surface area contributed by atoms with Crippen molar-refractivity contribution in [2.45, 2.75) is 0 Å². The van der Waals surface area contributed by atoms with Crippen molar-refractivity contribution >= 4 is 28.1 Å². The van der Waals surface area contributed by atoms with Crippen LogP contribution in [0.5, 0.6) is 0 Å². The van der Waals surface area contributed by atoms with Gasteiger partial charge in [0.25, 0.3) is 0 Å². The van der Waals surface area contributed by atoms with E-state index < -0.39 is 0 Å². The van der Waals surface area contributed by atoms with Gasteiger partial charge in [0.05, 0.1) is 28.6 Å². The van der Waals surface area contributed by atoms with Gasteiger partial charge in [-0.15, -0.1) is 0 Å². The van der Waals surface area contributed by atoms with Gasteiger partial charge in [0.15, 0.2) is 0 Å². The van der Waals surface area contributed by atoms with Crippen LogP contribution in [0.4, 0.5) is 17.1 Å². The number of nitrogens with one attached hydrogen (secondary N) is 1. The molecule has 0 radical (unpaired) electrons. The number of imidazole rings is 1. The molecule has 0 spiro atoms. The van der Waals surface area contributed by atoms with Gasteiger partial charge in [0, 0.05) is 26.0 Å². The molecule has 3 aromatic rings. The van der Waals surface area contributed by atoms with Crippen molar-refractivity contribution in [1.82, 2.24) is 14.1 Å². The molecule has 1 aromatic carbocycles. The minimum absolute atomic E-state index is 0.0435. The number of hydrogen-bond acceptors (Lipinski definition) is 4. The van der Waals surface area contributed by atoms with E-state index in [9.17, 15) is 4.79 Å². The average Bonchev–Trinajstić information content (AvgIpc) is 2.66. The third kappa shape index (κ3) is 1.82. The number of hydrogen-bond donors (Lipinski definition) is 2. The minimum Gasteiger partial charge on any atom is -0.397 e. The molecule has 0 saturated heterocycles. The predicted octanol–water partition coefficient (Wildman–Crippen LogP) is 1.60. The second kappa shape index (κ2) is 4.41. The highest BCUT2D eigenvalue weighted by molar-refractivity contribution is 5.82. The molecule has 3 rings (SSSR count). The van der Waals surface area contributed by atoms with Crippen LogP contribution >= 0.6 is 0 Å². The van der Waals surface area contributed by atoms with Crippen molar-refractivity contribution in [3.8, 4) is 0 Å². The zero-order chi connectivity index (χ0) is 14.3. The molecule has 2 aromatic heterocycles. The monoisotopic (exact) mass is 269 g/mol. The molecule has 0 unspecified atom stereocenters. The number of benzene rings is 1. The van der Waals surface area contributed by atoms with E-state index in [2.05, 4.69) is 10.3 Å². The molecule has 6 heteroatoms. The number of aryl methyl sites for hydroxylation is 2. The van der Waals surface area contributed by atoms with E-state index in [4.69, 9.17) is 5.73 Å². The van der Waals surface area contributed by atoms with Crippen molar-refractivity contribution in [1.29, 1.82) is 0 Å². The normalized spacial score (nSPS) is 10.9. The molecule has 20 heavy (non-hydrogen) atoms. The van der Waals surface area contributed by atoms with Gasteiger partial charge in [-0.25, -0.2) is 4.79 Å². The molecule has 102 valence electrons. The van der Waals surface area contributed by atoms with Gasteiger partial charge in [0.1, 0.15) is 0 Å². The van der Waals surface area contributed by atoms with Crippen LogP contribution in [0.1, 0.15) is 0 Å². The summed E-state index contributed by atoms with van der Waals surface area (Å²) in [5.41, 5.74) is 9.82. The summed E-state index contributed by atoms with van der Waals surface area (Å²) in [6, 6.07) is 7.47. The maximum absolute atomic E-state index is 11.9. The fourth-order valence-corrected chi connectivity index (χ4v) is 2.25. The van der Waals surface area contributed by atoms with Gasteiger partial charge in [-0.3, -0.25) is 14.1 Å². The number of pyridine rings is 1. The Hall–Kier alpha value is -2.76. The molecule has 0 saturated carbocycles. The zero-order valence-electron chi connectivity index (χ0n) is 11.3. The van der Waals surface area contributed by atoms with Gasteiger partial charge in [-0.2, -0.15) is 0 Å². The zero-order valence-corrected chi connectivity index (χ0v) is 11.3. The molecule has 0 fully saturated rings. The molecule has 3 N–H and O–H groups in total. The van der Waals surface area contributed by atoms with Crippen molar-refractivity contribution in [2.24, 2.45) is 14.1 Å². The first-order valence-electron chi connectivity index (χ1n) is 6.20. The van der Waals surface area contributed by atoms with Gasteiger partial charge in [0.2, 0.25) is 0 Å². The lowest BCUT2D eigenvalue weighted by Crippen LogP contribution is -2.19. The van der Waals surface area contributed by atoms with Crippen LogP contribution in [-0.2, 0) is 14.1 Å². The van der Waals surface area contributed by atoms with Crippen LogP contribution in [0.2, 0.25) is 0 Å². The van der Waals surface area contributed by atoms with Crippen LogP contribution in [0, 0.1) is 0 Å². The molecular weight excluding hydrogens is 254 g/mol. The van der Waals surface area contributed by atoms with Gasteiger partial charge in [-0.1, -0.05) is 0 Å². The molecule has 2 heterocycles. The number of aromatic nitrogens is 3. The Kier molecular flexibility index (Phi) is 2.71. The number of anilines is 3. The lowest BCUT2D eigenvalue weighted by atomic mass is 10.2. The lowest BCUT2D eigenvalue weighted by Gasteiger charge is -2.08. The number of nitrogen functional groups attached to an aromatic ring is 1. The standard InChI is InChI=1S/C14H15N5O/c1-18-12-4-3-9(7-13(12)19(2)14(18)20)17-11-8-16-6-5-10(11)15/h3-8,17H,1-2H3,(H2,15,16). The summed E-state index contributed by atoms with van der Waals surface area (Å²) in [5, 5.41) is 3.21. The van der Waals surface area contributed by atoms with Crippen LogP contribution in [-0.4, -0.2) is 14.1 Å². The van der Waals surface area contributed by atoms with E-state index in [0.29, 0.717) is 5.69 Å². The van der Waals surface area contributed by atoms with Gasteiger partial charge in [-0.05, 0) is 24.3 Å². The van der Waals surface area contributed by atoms with Gasteiger partial charge >= 0.3 is 5.69 Å². The Balaban J connectivity index is 2.08. The quantitative estimate of drug-likeness (QED) is 0.740. The molecule has 0 bridgehead atoms. The topological polar surface area (TPSA) is 77.9 Å². The van der Waals surface area contributed by atoms with Crippen LogP contribution in [0.25, 0.3) is 11.0 Å². The number of nitrogens with zero attached hydrogens (tertiary/aromatic N) is 3. The first kappa shape index (κ1) is 12.3. The first-order valence-corrected chi connectivity index (χ1v) is 6.20. The third-order valence-corrected chi connectivity index (χ3v) is 3.41. The second-order valence-electron chi connectivity index (χ2n) is 4.69. The highest BCUT2D eigenvalue weighted by Gasteiger charge is 2.08. The second-order valence-corrected chi connectivity index (χ2v) is 4.69. The highest BCUT2D eigenvalue weighted by Crippen LogP contribution is 2.24. The maximum Gasteiger partial charge on any atom is 0.328 e. The predicted molar refractivity (Wildman–Crippen MR) is 80.1 cm³/mol. The summed E-state index contributed by atoms with van der Waals surface area (Å²) in [6.07, 6.45) is 3.31. The number of nitrogens with two attached hydrogens (primary N) is 1. The Morgan fingerprint density at radius 1 is 1.15 bits per heavy atom. The summed E-state index contributed by atoms with van der Waals surface area (Å²) in [5.74, 6) is 0. The highest BCUT2D eigenvalue weighted by atomic mass is 16.1. The fraction of sp³-hybridized carbons (Fsp3) is 0.143. The largest absolute Gasteiger partial charge is 0.397 e. The van der Waals surface area contributed by atoms with Crippen molar-refractivity contribution in [2.75, 3.05) is 11.1 Å². The van der Waals surface area contributed by atoms with Gasteiger partial charge < -0.3 is 11.1 Å². The number of rotatable bonds is 2. The van der Waals surface area contributed by atoms with E-state index >= 15 is 0 Å². The van der Waals surface area contributed by atoms with Crippen molar-refractivity contribution in [3.05, 3.63) is 47.1 Å². The lowest BCUT2D eigenvalue weighted by molar-refractivity contribution is 0.795. The van der Waals surface area contributed by atoms with E-state index in [1.165, 1.54) is 0 Å². The molecule has 0 amide bonds. The summed E-state index contributed by atoms with van der Waals surface area (Å²) >= 11 is 0. The van der Waals surface area contributed by atoms with Crippen molar-refractivity contribution < 1.29 is 0 Å². The Morgan fingerprint density at radius 3 is 2.65 bits per heavy atom. The minimum atomic E-state index is -0.0435. The molecule has 0 aliphatic carbocycles. The van der Waals surface area contributed by atoms with Crippen molar-refractivity contribution in [3.63, 3.8) is 0 Å². The number of fused-ring (bicyclic) bond motifs is 1. The fourth-order valence-electron chi connectivity index (χ4n) is 2.25.